The normalized spacial score (nSPS) is 19.5. The summed E-state index contributed by atoms with van der Waals surface area (Å²) in [6.07, 6.45) is -0.230. The summed E-state index contributed by atoms with van der Waals surface area (Å²) in [5, 5.41) is 6.89. The van der Waals surface area contributed by atoms with Crippen LogP contribution < -0.4 is 15.4 Å². The number of amides is 2. The summed E-state index contributed by atoms with van der Waals surface area (Å²) < 4.78 is 70.2. The number of thiophene rings is 1. The first-order valence-corrected chi connectivity index (χ1v) is 20.5. The summed E-state index contributed by atoms with van der Waals surface area (Å²) in [6.45, 7) is 5.09. The Morgan fingerprint density at radius 3 is 2.53 bits per heavy atom. The number of rotatable bonds is 9. The van der Waals surface area contributed by atoms with Crippen molar-refractivity contribution >= 4 is 34.2 Å². The number of methoxy groups -OCH3 is 1. The molecule has 2 fully saturated rings. The number of ether oxygens (including phenoxy) is 2. The van der Waals surface area contributed by atoms with Gasteiger partial charge in [0.2, 0.25) is 12.1 Å². The molecule has 0 aliphatic carbocycles. The van der Waals surface area contributed by atoms with Gasteiger partial charge in [0.1, 0.15) is 29.3 Å². The van der Waals surface area contributed by atoms with Gasteiger partial charge in [0.05, 0.1) is 71.0 Å². The number of nitrogens with one attached hydrogen (secondary N) is 4. The van der Waals surface area contributed by atoms with Gasteiger partial charge in [0.15, 0.2) is 0 Å². The number of aromatic nitrogens is 5. The maximum atomic E-state index is 16.6. The highest BCUT2D eigenvalue weighted by molar-refractivity contribution is 7.12. The fourth-order valence-corrected chi connectivity index (χ4v) is 9.59. The number of carbonyl (C=O) groups is 2. The number of carbonyl (C=O) groups excluding carboxylic acids is 2. The minimum atomic E-state index is -4.38. The van der Waals surface area contributed by atoms with Crippen LogP contribution in [0, 0.1) is 11.7 Å². The minimum absolute atomic E-state index is 0.138. The van der Waals surface area contributed by atoms with Crippen LogP contribution in [0.15, 0.2) is 60.9 Å². The Morgan fingerprint density at radius 1 is 1.00 bits per heavy atom. The minimum Gasteiger partial charge on any atom is -0.464 e. The molecule has 3 aliphatic heterocycles. The Labute approximate surface area is 340 Å². The van der Waals surface area contributed by atoms with E-state index in [0.717, 1.165) is 65.1 Å². The Kier molecular flexibility index (Phi) is 9.98. The predicted octanol–water partition coefficient (Wildman–Crippen LogP) is 8.80. The van der Waals surface area contributed by atoms with Crippen LogP contribution in [0.3, 0.4) is 0 Å². The van der Waals surface area contributed by atoms with E-state index >= 15 is 4.39 Å². The van der Waals surface area contributed by atoms with E-state index in [4.69, 9.17) is 9.47 Å². The molecule has 2 saturated heterocycles. The molecule has 4 N–H and O–H groups in total. The third-order valence-corrected chi connectivity index (χ3v) is 12.5. The molecular weight excluding hydrogens is 789 g/mol. The van der Waals surface area contributed by atoms with Crippen LogP contribution in [0.4, 0.5) is 22.4 Å². The number of alkyl halides is 3. The molecule has 6 aromatic rings. The SMILES string of the molecule is COC(=O)N[C@H](C(=O)N1CCC[C@H]1c1ncc(-c2cc(F)c3c(c2)OC(c2ccc(CC(F)(F)F)s2)n2c-3cc3cc(-c4cnc([C@@H]5CCCN5)[nH]4)ccc32)[nH]1)C(C)C. The van der Waals surface area contributed by atoms with Gasteiger partial charge in [-0.2, -0.15) is 13.2 Å². The number of aromatic amines is 2. The first-order chi connectivity index (χ1) is 28.3. The van der Waals surface area contributed by atoms with E-state index in [1.54, 1.807) is 29.4 Å². The quantitative estimate of drug-likeness (QED) is 0.107. The van der Waals surface area contributed by atoms with Gasteiger partial charge < -0.3 is 35.0 Å². The molecule has 4 atom stereocenters. The number of nitrogens with zero attached hydrogens (tertiary/aromatic N) is 4. The van der Waals surface area contributed by atoms with Gasteiger partial charge in [-0.05, 0) is 80.6 Å². The highest BCUT2D eigenvalue weighted by atomic mass is 32.1. The second-order valence-corrected chi connectivity index (χ2v) is 16.8. The van der Waals surface area contributed by atoms with Crippen LogP contribution >= 0.6 is 11.3 Å². The molecule has 59 heavy (non-hydrogen) atoms. The summed E-state index contributed by atoms with van der Waals surface area (Å²) in [5.74, 6) is 0.582. The monoisotopic (exact) mass is 830 g/mol. The summed E-state index contributed by atoms with van der Waals surface area (Å²) in [6, 6.07) is 12.9. The van der Waals surface area contributed by atoms with E-state index in [1.165, 1.54) is 19.2 Å². The third kappa shape index (κ3) is 7.34. The number of hydrogen-bond acceptors (Lipinski definition) is 8. The maximum absolute atomic E-state index is 16.6. The van der Waals surface area contributed by atoms with Crippen molar-refractivity contribution in [1.29, 1.82) is 0 Å². The molecule has 7 heterocycles. The van der Waals surface area contributed by atoms with Crippen molar-refractivity contribution in [3.05, 3.63) is 88.1 Å². The maximum Gasteiger partial charge on any atom is 0.407 e. The van der Waals surface area contributed by atoms with Crippen LogP contribution in [-0.4, -0.2) is 73.8 Å². The molecule has 0 saturated carbocycles. The molecule has 308 valence electrons. The fourth-order valence-electron chi connectivity index (χ4n) is 8.53. The number of benzene rings is 2. The largest absolute Gasteiger partial charge is 0.464 e. The lowest BCUT2D eigenvalue weighted by atomic mass is 10.0. The van der Waals surface area contributed by atoms with Crippen LogP contribution in [0.5, 0.6) is 5.75 Å². The van der Waals surface area contributed by atoms with E-state index in [1.807, 2.05) is 42.7 Å². The lowest BCUT2D eigenvalue weighted by Crippen LogP contribution is -2.51. The average molecular weight is 831 g/mol. The molecule has 2 aromatic carbocycles. The Bertz CT molecular complexity index is 2550. The highest BCUT2D eigenvalue weighted by Gasteiger charge is 2.38. The van der Waals surface area contributed by atoms with Gasteiger partial charge in [0.25, 0.3) is 0 Å². The van der Waals surface area contributed by atoms with Crippen LogP contribution in [0.1, 0.15) is 79.2 Å². The van der Waals surface area contributed by atoms with Crippen molar-refractivity contribution in [2.24, 2.45) is 5.92 Å². The number of halogens is 4. The number of likely N-dealkylation sites (tertiary alicyclic amines) is 1. The van der Waals surface area contributed by atoms with Gasteiger partial charge in [-0.25, -0.2) is 19.2 Å². The first-order valence-electron chi connectivity index (χ1n) is 19.6. The van der Waals surface area contributed by atoms with Crippen molar-refractivity contribution in [1.82, 2.24) is 40.0 Å². The zero-order chi connectivity index (χ0) is 41.2. The van der Waals surface area contributed by atoms with Crippen molar-refractivity contribution in [2.45, 2.75) is 76.5 Å². The van der Waals surface area contributed by atoms with Gasteiger partial charge in [-0.3, -0.25) is 9.36 Å². The van der Waals surface area contributed by atoms with Crippen molar-refractivity contribution in [3.8, 4) is 39.5 Å². The molecule has 0 radical (unpaired) electrons. The zero-order valence-corrected chi connectivity index (χ0v) is 33.3. The molecule has 17 heteroatoms. The van der Waals surface area contributed by atoms with E-state index in [2.05, 4.69) is 30.6 Å². The third-order valence-electron chi connectivity index (χ3n) is 11.4. The van der Waals surface area contributed by atoms with Gasteiger partial charge >= 0.3 is 12.3 Å². The molecule has 4 aromatic heterocycles. The molecule has 9 rings (SSSR count). The fraction of sp³-hybridized carbons (Fsp3) is 0.381. The summed E-state index contributed by atoms with van der Waals surface area (Å²) in [4.78, 5) is 44.1. The van der Waals surface area contributed by atoms with E-state index < -0.39 is 42.8 Å². The van der Waals surface area contributed by atoms with Crippen LogP contribution in [-0.2, 0) is 16.0 Å². The Morgan fingerprint density at radius 2 is 1.78 bits per heavy atom. The van der Waals surface area contributed by atoms with Crippen LogP contribution in [0.2, 0.25) is 0 Å². The number of hydrogen-bond donors (Lipinski definition) is 4. The molecule has 3 aliphatic rings. The molecule has 1 unspecified atom stereocenters. The van der Waals surface area contributed by atoms with E-state index in [0.29, 0.717) is 40.6 Å². The molecule has 0 bridgehead atoms. The number of imidazole rings is 2. The smallest absolute Gasteiger partial charge is 0.407 e. The van der Waals surface area contributed by atoms with Crippen LogP contribution in [0.25, 0.3) is 44.7 Å². The summed E-state index contributed by atoms with van der Waals surface area (Å²) in [7, 11) is 1.24. The second-order valence-electron chi connectivity index (χ2n) is 15.6. The number of fused-ring (bicyclic) bond motifs is 5. The number of H-pyrrole nitrogens is 2. The topological polar surface area (TPSA) is 142 Å². The van der Waals surface area contributed by atoms with Crippen molar-refractivity contribution in [2.75, 3.05) is 20.2 Å². The van der Waals surface area contributed by atoms with Crippen molar-refractivity contribution < 1.29 is 36.6 Å². The van der Waals surface area contributed by atoms with Gasteiger partial charge in [0, 0.05) is 27.9 Å². The van der Waals surface area contributed by atoms with E-state index in [-0.39, 0.29) is 34.1 Å². The average Bonchev–Trinajstić information content (AvgIpc) is 4.05. The standard InChI is InChI=1S/C42H42F4N8O4S/c1-21(2)36(52-41(56)57-3)39(55)53-13-5-7-31(53)38-49-20-29(51-38)23-15-26(43)35-32-16-24-14-22(28-19-48-37(50-28)27-6-4-12-47-27)8-10-30(24)54(32)40(58-33(35)17-23)34-11-9-25(59-34)18-42(44,45)46/h8-11,14-17,19-21,27,31,36,40,47H,4-7,12-13,18H2,1-3H3,(H,48,50)(H,49,51)(H,52,56)/t27-,31-,36-,40?/m0/s1. The zero-order valence-electron chi connectivity index (χ0n) is 32.5. The lowest BCUT2D eigenvalue weighted by Gasteiger charge is -2.30. The lowest BCUT2D eigenvalue weighted by molar-refractivity contribution is -0.135. The molecule has 0 spiro atoms. The van der Waals surface area contributed by atoms with Gasteiger partial charge in [-0.15, -0.1) is 11.3 Å². The molecule has 12 nitrogen and oxygen atoms in total. The summed E-state index contributed by atoms with van der Waals surface area (Å²) >= 11 is 1.01. The highest BCUT2D eigenvalue weighted by Crippen LogP contribution is 2.48. The van der Waals surface area contributed by atoms with E-state index in [9.17, 15) is 22.8 Å². The van der Waals surface area contributed by atoms with Crippen molar-refractivity contribution in [3.63, 3.8) is 0 Å². The van der Waals surface area contributed by atoms with Gasteiger partial charge in [-0.1, -0.05) is 19.9 Å². The molecule has 2 amide bonds. The Balaban J connectivity index is 1.07. The number of alkyl carbamates (subject to hydrolysis) is 1. The summed E-state index contributed by atoms with van der Waals surface area (Å²) in [5.41, 5.74) is 4.10. The Hall–Kier alpha value is -5.68. The molecular formula is C42H42F4N8O4S. The second kappa shape index (κ2) is 15.2. The predicted molar refractivity (Wildman–Crippen MR) is 213 cm³/mol. The first kappa shape index (κ1) is 38.8.